The number of ether oxygens (including phenoxy) is 2. The molecule has 1 amide bonds. The van der Waals surface area contributed by atoms with E-state index in [4.69, 9.17) is 9.47 Å². The van der Waals surface area contributed by atoms with Crippen LogP contribution in [0, 0.1) is 6.92 Å². The number of methoxy groups -OCH3 is 2. The highest BCUT2D eigenvalue weighted by molar-refractivity contribution is 6.46. The molecule has 1 aromatic heterocycles. The van der Waals surface area contributed by atoms with Crippen LogP contribution in [0.25, 0.3) is 5.76 Å². The first-order valence-corrected chi connectivity index (χ1v) is 9.31. The van der Waals surface area contributed by atoms with E-state index in [2.05, 4.69) is 4.98 Å². The summed E-state index contributed by atoms with van der Waals surface area (Å²) in [5.41, 5.74) is 2.05. The maximum atomic E-state index is 12.9. The summed E-state index contributed by atoms with van der Waals surface area (Å²) < 4.78 is 10.3. The van der Waals surface area contributed by atoms with E-state index in [0.717, 1.165) is 5.56 Å². The number of aryl methyl sites for hydroxylation is 1. The van der Waals surface area contributed by atoms with Crippen LogP contribution in [0.4, 0.5) is 0 Å². The monoisotopic (exact) mass is 396 g/mol. The molecule has 0 spiro atoms. The molecule has 1 aliphatic rings. The highest BCUT2D eigenvalue weighted by Crippen LogP contribution is 2.39. The van der Waals surface area contributed by atoms with Gasteiger partial charge in [-0.05, 0) is 54.8 Å². The van der Waals surface area contributed by atoms with Crippen molar-refractivity contribution in [3.8, 4) is 5.75 Å². The van der Waals surface area contributed by atoms with Gasteiger partial charge < -0.3 is 19.5 Å². The molecule has 3 rings (SSSR count). The maximum absolute atomic E-state index is 12.9. The van der Waals surface area contributed by atoms with Gasteiger partial charge in [-0.15, -0.1) is 0 Å². The largest absolute Gasteiger partial charge is 0.507 e. The zero-order valence-corrected chi connectivity index (χ0v) is 16.7. The van der Waals surface area contributed by atoms with E-state index < -0.39 is 17.7 Å². The van der Waals surface area contributed by atoms with E-state index in [1.54, 1.807) is 56.9 Å². The molecular formula is C22H24N2O5. The molecule has 1 aliphatic heterocycles. The molecule has 0 aliphatic carbocycles. The van der Waals surface area contributed by atoms with Crippen molar-refractivity contribution in [2.24, 2.45) is 0 Å². The zero-order valence-electron chi connectivity index (χ0n) is 16.7. The van der Waals surface area contributed by atoms with Gasteiger partial charge in [-0.2, -0.15) is 0 Å². The summed E-state index contributed by atoms with van der Waals surface area (Å²) in [6, 6.07) is 7.93. The van der Waals surface area contributed by atoms with Gasteiger partial charge in [-0.3, -0.25) is 14.6 Å². The average molecular weight is 396 g/mol. The van der Waals surface area contributed by atoms with E-state index in [1.165, 1.54) is 4.90 Å². The number of ketones is 1. The Morgan fingerprint density at radius 2 is 1.90 bits per heavy atom. The molecule has 1 N–H and O–H groups in total. The quantitative estimate of drug-likeness (QED) is 0.335. The van der Waals surface area contributed by atoms with Crippen molar-refractivity contribution in [2.45, 2.75) is 19.4 Å². The van der Waals surface area contributed by atoms with Crippen LogP contribution in [0.1, 0.15) is 29.2 Å². The molecule has 0 unspecified atom stereocenters. The van der Waals surface area contributed by atoms with Crippen LogP contribution >= 0.6 is 0 Å². The number of hydrogen-bond acceptors (Lipinski definition) is 6. The summed E-state index contributed by atoms with van der Waals surface area (Å²) in [5, 5.41) is 11.0. The lowest BCUT2D eigenvalue weighted by molar-refractivity contribution is -0.140. The Balaban J connectivity index is 2.11. The third kappa shape index (κ3) is 4.00. The van der Waals surface area contributed by atoms with Crippen molar-refractivity contribution in [1.29, 1.82) is 0 Å². The number of aliphatic hydroxyl groups is 1. The lowest BCUT2D eigenvalue weighted by atomic mass is 9.95. The van der Waals surface area contributed by atoms with Crippen LogP contribution in [0.2, 0.25) is 0 Å². The van der Waals surface area contributed by atoms with E-state index in [0.29, 0.717) is 36.4 Å². The molecule has 1 aromatic carbocycles. The molecule has 7 heteroatoms. The third-order valence-corrected chi connectivity index (χ3v) is 4.98. The maximum Gasteiger partial charge on any atom is 0.295 e. The molecule has 1 atom stereocenters. The Kier molecular flexibility index (Phi) is 6.29. The molecule has 152 valence electrons. The fourth-order valence-corrected chi connectivity index (χ4v) is 3.56. The highest BCUT2D eigenvalue weighted by atomic mass is 16.5. The van der Waals surface area contributed by atoms with E-state index in [-0.39, 0.29) is 11.3 Å². The normalized spacial score (nSPS) is 18.3. The van der Waals surface area contributed by atoms with Crippen molar-refractivity contribution in [2.75, 3.05) is 27.4 Å². The lowest BCUT2D eigenvalue weighted by Crippen LogP contribution is -2.31. The second-order valence-corrected chi connectivity index (χ2v) is 6.80. The van der Waals surface area contributed by atoms with E-state index in [1.807, 2.05) is 6.92 Å². The van der Waals surface area contributed by atoms with Gasteiger partial charge >= 0.3 is 0 Å². The molecule has 0 radical (unpaired) electrons. The van der Waals surface area contributed by atoms with E-state index in [9.17, 15) is 14.7 Å². The van der Waals surface area contributed by atoms with Crippen LogP contribution in [0.3, 0.4) is 0 Å². The van der Waals surface area contributed by atoms with Crippen LogP contribution in [-0.2, 0) is 14.3 Å². The number of carbonyl (C=O) groups excluding carboxylic acids is 2. The van der Waals surface area contributed by atoms with Crippen molar-refractivity contribution in [1.82, 2.24) is 9.88 Å². The molecule has 29 heavy (non-hydrogen) atoms. The predicted octanol–water partition coefficient (Wildman–Crippen LogP) is 2.86. The SMILES string of the molecule is COCCCN1C(=O)C(=O)C(=C(O)c2ccc(OC)c(C)c2)[C@H]1c1ccncc1. The Labute approximate surface area is 169 Å². The van der Waals surface area contributed by atoms with Gasteiger partial charge in [0, 0.05) is 38.2 Å². The van der Waals surface area contributed by atoms with Gasteiger partial charge in [-0.25, -0.2) is 0 Å². The van der Waals surface area contributed by atoms with Crippen LogP contribution in [0.15, 0.2) is 48.3 Å². The molecule has 0 saturated carbocycles. The number of aliphatic hydroxyl groups excluding tert-OH is 1. The molecule has 1 fully saturated rings. The first-order valence-electron chi connectivity index (χ1n) is 9.31. The Morgan fingerprint density at radius 3 is 2.52 bits per heavy atom. The standard InChI is InChI=1S/C22H24N2O5/c1-14-13-16(5-6-17(14)29-3)20(25)18-19(15-7-9-23-10-8-15)24(11-4-12-28-2)22(27)21(18)26/h5-10,13,19,25H,4,11-12H2,1-3H3/t19-/m1/s1. The predicted molar refractivity (Wildman–Crippen MR) is 107 cm³/mol. The summed E-state index contributed by atoms with van der Waals surface area (Å²) in [6.45, 7) is 2.65. The minimum absolute atomic E-state index is 0.0724. The number of nitrogens with zero attached hydrogens (tertiary/aromatic N) is 2. The second-order valence-electron chi connectivity index (χ2n) is 6.80. The first-order chi connectivity index (χ1) is 14.0. The molecular weight excluding hydrogens is 372 g/mol. The number of pyridine rings is 1. The molecule has 2 heterocycles. The molecule has 1 saturated heterocycles. The number of Topliss-reactive ketones (excluding diaryl/α,β-unsaturated/α-hetero) is 1. The third-order valence-electron chi connectivity index (χ3n) is 4.98. The number of hydrogen-bond donors (Lipinski definition) is 1. The van der Waals surface area contributed by atoms with Crippen LogP contribution in [-0.4, -0.2) is 54.1 Å². The zero-order chi connectivity index (χ0) is 21.0. The fraction of sp³-hybridized carbons (Fsp3) is 0.318. The minimum atomic E-state index is -0.699. The first kappa shape index (κ1) is 20.5. The van der Waals surface area contributed by atoms with E-state index >= 15 is 0 Å². The Morgan fingerprint density at radius 1 is 1.17 bits per heavy atom. The molecule has 2 aromatic rings. The fourth-order valence-electron chi connectivity index (χ4n) is 3.56. The van der Waals surface area contributed by atoms with Gasteiger partial charge in [0.2, 0.25) is 0 Å². The van der Waals surface area contributed by atoms with Gasteiger partial charge in [0.05, 0.1) is 18.7 Å². The molecule has 7 nitrogen and oxygen atoms in total. The highest BCUT2D eigenvalue weighted by Gasteiger charge is 2.45. The summed E-state index contributed by atoms with van der Waals surface area (Å²) in [4.78, 5) is 31.1. The van der Waals surface area contributed by atoms with Crippen LogP contribution in [0.5, 0.6) is 5.75 Å². The summed E-state index contributed by atoms with van der Waals surface area (Å²) in [6.07, 6.45) is 3.77. The summed E-state index contributed by atoms with van der Waals surface area (Å²) in [5.74, 6) is -0.859. The van der Waals surface area contributed by atoms with Gasteiger partial charge in [0.15, 0.2) is 0 Å². The minimum Gasteiger partial charge on any atom is -0.507 e. The number of carbonyl (C=O) groups is 2. The lowest BCUT2D eigenvalue weighted by Gasteiger charge is -2.25. The number of rotatable bonds is 7. The van der Waals surface area contributed by atoms with Crippen molar-refractivity contribution in [3.05, 3.63) is 65.0 Å². The molecule has 0 bridgehead atoms. The van der Waals surface area contributed by atoms with Gasteiger partial charge in [0.1, 0.15) is 11.5 Å². The number of benzene rings is 1. The second kappa shape index (κ2) is 8.87. The number of likely N-dealkylation sites (tertiary alicyclic amines) is 1. The summed E-state index contributed by atoms with van der Waals surface area (Å²) in [7, 11) is 3.15. The van der Waals surface area contributed by atoms with Crippen molar-refractivity contribution < 1.29 is 24.2 Å². The average Bonchev–Trinajstić information content (AvgIpc) is 2.99. The van der Waals surface area contributed by atoms with Gasteiger partial charge in [-0.1, -0.05) is 0 Å². The number of amides is 1. The smallest absolute Gasteiger partial charge is 0.295 e. The Hall–Kier alpha value is -3.19. The van der Waals surface area contributed by atoms with Crippen molar-refractivity contribution >= 4 is 17.4 Å². The summed E-state index contributed by atoms with van der Waals surface area (Å²) >= 11 is 0. The topological polar surface area (TPSA) is 89.0 Å². The van der Waals surface area contributed by atoms with Crippen molar-refractivity contribution in [3.63, 3.8) is 0 Å². The van der Waals surface area contributed by atoms with Crippen LogP contribution < -0.4 is 4.74 Å². The Bertz CT molecular complexity index is 939. The van der Waals surface area contributed by atoms with Gasteiger partial charge in [0.25, 0.3) is 11.7 Å². The number of aromatic nitrogens is 1.